The van der Waals surface area contributed by atoms with Crippen molar-refractivity contribution in [2.75, 3.05) is 18.5 Å². The molecule has 1 heterocycles. The van der Waals surface area contributed by atoms with Crippen molar-refractivity contribution in [1.29, 1.82) is 0 Å². The third-order valence-corrected chi connectivity index (χ3v) is 2.82. The summed E-state index contributed by atoms with van der Waals surface area (Å²) < 4.78 is 35.0. The average Bonchev–Trinajstić information content (AvgIpc) is 2.73. The lowest BCUT2D eigenvalue weighted by molar-refractivity contribution is 0.314. The van der Waals surface area contributed by atoms with Crippen molar-refractivity contribution in [3.8, 4) is 5.75 Å². The number of rotatable bonds is 5. The third-order valence-electron chi connectivity index (χ3n) is 2.06. The van der Waals surface area contributed by atoms with Gasteiger partial charge in [0, 0.05) is 17.6 Å². The van der Waals surface area contributed by atoms with E-state index in [2.05, 4.69) is 14.7 Å². The number of aromatic nitrogens is 2. The number of hydrogen-bond acceptors (Lipinski definition) is 5. The molecular weight excluding hydrogens is 260 g/mol. The van der Waals surface area contributed by atoms with Crippen LogP contribution in [-0.4, -0.2) is 22.5 Å². The molecule has 0 aliphatic rings. The van der Waals surface area contributed by atoms with Crippen molar-refractivity contribution >= 4 is 16.7 Å². The molecule has 0 saturated heterocycles. The normalized spacial score (nSPS) is 10.4. The molecule has 18 heavy (non-hydrogen) atoms. The first-order valence-corrected chi connectivity index (χ1v) is 6.04. The molecule has 0 aliphatic carbocycles. The van der Waals surface area contributed by atoms with Crippen molar-refractivity contribution in [3.63, 3.8) is 0 Å². The number of hydrogen-bond donors (Lipinski definition) is 1. The Morgan fingerprint density at radius 1 is 1.39 bits per heavy atom. The molecule has 2 rings (SSSR count). The fourth-order valence-electron chi connectivity index (χ4n) is 1.28. The second-order valence-electron chi connectivity index (χ2n) is 3.50. The van der Waals surface area contributed by atoms with Gasteiger partial charge in [-0.1, -0.05) is 0 Å². The highest BCUT2D eigenvalue weighted by Crippen LogP contribution is 2.17. The molecular formula is C11H11F2N3OS. The lowest BCUT2D eigenvalue weighted by Gasteiger charge is -2.07. The van der Waals surface area contributed by atoms with Crippen molar-refractivity contribution in [3.05, 3.63) is 35.7 Å². The van der Waals surface area contributed by atoms with Crippen molar-refractivity contribution in [2.45, 2.75) is 6.92 Å². The Kier molecular flexibility index (Phi) is 4.03. The van der Waals surface area contributed by atoms with E-state index in [1.807, 2.05) is 0 Å². The fraction of sp³-hybridized carbons (Fsp3) is 0.273. The molecule has 0 unspecified atom stereocenters. The quantitative estimate of drug-likeness (QED) is 0.849. The van der Waals surface area contributed by atoms with Crippen LogP contribution in [-0.2, 0) is 0 Å². The summed E-state index contributed by atoms with van der Waals surface area (Å²) in [4.78, 5) is 4.10. The second-order valence-corrected chi connectivity index (χ2v) is 4.25. The van der Waals surface area contributed by atoms with Gasteiger partial charge in [-0.05, 0) is 19.1 Å². The minimum Gasteiger partial charge on any atom is -0.489 e. The van der Waals surface area contributed by atoms with E-state index in [0.29, 0.717) is 17.5 Å². The maximum atomic E-state index is 13.2. The van der Waals surface area contributed by atoms with E-state index in [1.54, 1.807) is 6.92 Å². The van der Waals surface area contributed by atoms with Gasteiger partial charge in [-0.2, -0.15) is 4.37 Å². The summed E-state index contributed by atoms with van der Waals surface area (Å²) in [6.45, 7) is 2.51. The Balaban J connectivity index is 1.78. The van der Waals surface area contributed by atoms with Crippen LogP contribution in [0.15, 0.2) is 18.2 Å². The fourth-order valence-corrected chi connectivity index (χ4v) is 1.88. The van der Waals surface area contributed by atoms with Crippen LogP contribution in [0.1, 0.15) is 5.82 Å². The van der Waals surface area contributed by atoms with E-state index < -0.39 is 11.6 Å². The smallest absolute Gasteiger partial charge is 0.202 e. The lowest BCUT2D eigenvalue weighted by Crippen LogP contribution is -2.12. The SMILES string of the molecule is Cc1nsc(NCCOc2ccc(F)cc2F)n1. The molecule has 0 radical (unpaired) electrons. The van der Waals surface area contributed by atoms with E-state index in [1.165, 1.54) is 17.6 Å². The van der Waals surface area contributed by atoms with Crippen LogP contribution < -0.4 is 10.1 Å². The highest BCUT2D eigenvalue weighted by Gasteiger charge is 2.04. The van der Waals surface area contributed by atoms with Crippen molar-refractivity contribution < 1.29 is 13.5 Å². The summed E-state index contributed by atoms with van der Waals surface area (Å²) in [7, 11) is 0. The van der Waals surface area contributed by atoms with Gasteiger partial charge in [0.15, 0.2) is 11.6 Å². The van der Waals surface area contributed by atoms with Gasteiger partial charge in [0.2, 0.25) is 5.13 Å². The number of nitrogens with one attached hydrogen (secondary N) is 1. The first-order valence-electron chi connectivity index (χ1n) is 5.27. The topological polar surface area (TPSA) is 47.0 Å². The van der Waals surface area contributed by atoms with Gasteiger partial charge < -0.3 is 10.1 Å². The molecule has 0 aliphatic heterocycles. The summed E-state index contributed by atoms with van der Waals surface area (Å²) >= 11 is 1.25. The van der Waals surface area contributed by atoms with E-state index in [9.17, 15) is 8.78 Å². The summed E-state index contributed by atoms with van der Waals surface area (Å²) in [6, 6.07) is 3.20. The van der Waals surface area contributed by atoms with Crippen LogP contribution in [0.5, 0.6) is 5.75 Å². The number of ether oxygens (including phenoxy) is 1. The van der Waals surface area contributed by atoms with Gasteiger partial charge in [0.1, 0.15) is 18.2 Å². The summed E-state index contributed by atoms with van der Waals surface area (Å²) in [5.74, 6) is -0.594. The first-order chi connectivity index (χ1) is 8.65. The van der Waals surface area contributed by atoms with Crippen LogP contribution in [0, 0.1) is 18.6 Å². The second kappa shape index (κ2) is 5.72. The number of aryl methyl sites for hydroxylation is 1. The minimum atomic E-state index is -0.707. The van der Waals surface area contributed by atoms with Gasteiger partial charge in [-0.15, -0.1) is 0 Å². The van der Waals surface area contributed by atoms with Crippen LogP contribution in [0.25, 0.3) is 0 Å². The maximum absolute atomic E-state index is 13.2. The Morgan fingerprint density at radius 2 is 2.22 bits per heavy atom. The highest BCUT2D eigenvalue weighted by atomic mass is 32.1. The highest BCUT2D eigenvalue weighted by molar-refractivity contribution is 7.09. The number of benzene rings is 1. The Labute approximate surface area is 107 Å². The average molecular weight is 271 g/mol. The van der Waals surface area contributed by atoms with Gasteiger partial charge >= 0.3 is 0 Å². The summed E-state index contributed by atoms with van der Waals surface area (Å²) in [5, 5.41) is 3.68. The maximum Gasteiger partial charge on any atom is 0.202 e. The zero-order chi connectivity index (χ0) is 13.0. The van der Waals surface area contributed by atoms with Crippen LogP contribution in [0.4, 0.5) is 13.9 Å². The first kappa shape index (κ1) is 12.7. The lowest BCUT2D eigenvalue weighted by atomic mass is 10.3. The van der Waals surface area contributed by atoms with Crippen LogP contribution in [0.2, 0.25) is 0 Å². The molecule has 1 aromatic carbocycles. The molecule has 0 bridgehead atoms. The van der Waals surface area contributed by atoms with Crippen LogP contribution >= 0.6 is 11.5 Å². The van der Waals surface area contributed by atoms with Gasteiger partial charge in [-0.25, -0.2) is 13.8 Å². The molecule has 0 fully saturated rings. The van der Waals surface area contributed by atoms with E-state index in [4.69, 9.17) is 4.74 Å². The largest absolute Gasteiger partial charge is 0.489 e. The van der Waals surface area contributed by atoms with E-state index >= 15 is 0 Å². The minimum absolute atomic E-state index is 0.0339. The molecule has 0 amide bonds. The van der Waals surface area contributed by atoms with E-state index in [-0.39, 0.29) is 12.4 Å². The zero-order valence-corrected chi connectivity index (χ0v) is 10.4. The molecule has 2 aromatic rings. The zero-order valence-electron chi connectivity index (χ0n) is 9.61. The molecule has 4 nitrogen and oxygen atoms in total. The Bertz CT molecular complexity index is 533. The van der Waals surface area contributed by atoms with Gasteiger partial charge in [-0.3, -0.25) is 0 Å². The number of anilines is 1. The molecule has 96 valence electrons. The monoisotopic (exact) mass is 271 g/mol. The molecule has 0 atom stereocenters. The standard InChI is InChI=1S/C11H11F2N3OS/c1-7-15-11(18-16-7)14-4-5-17-10-3-2-8(12)6-9(10)13/h2-3,6H,4-5H2,1H3,(H,14,15,16). The summed E-state index contributed by atoms with van der Waals surface area (Å²) in [6.07, 6.45) is 0. The number of halogens is 2. The van der Waals surface area contributed by atoms with Gasteiger partial charge in [0.05, 0.1) is 6.54 Å². The molecule has 1 N–H and O–H groups in total. The van der Waals surface area contributed by atoms with E-state index in [0.717, 1.165) is 12.1 Å². The molecule has 1 aromatic heterocycles. The number of nitrogens with zero attached hydrogens (tertiary/aromatic N) is 2. The molecule has 7 heteroatoms. The third kappa shape index (κ3) is 3.36. The van der Waals surface area contributed by atoms with Crippen LogP contribution in [0.3, 0.4) is 0 Å². The van der Waals surface area contributed by atoms with Crippen molar-refractivity contribution in [2.24, 2.45) is 0 Å². The summed E-state index contributed by atoms with van der Waals surface area (Å²) in [5.41, 5.74) is 0. The predicted octanol–water partition coefficient (Wildman–Crippen LogP) is 2.62. The molecule has 0 spiro atoms. The Hall–Kier alpha value is -1.76. The Morgan fingerprint density at radius 3 is 2.89 bits per heavy atom. The predicted molar refractivity (Wildman–Crippen MR) is 65.0 cm³/mol. The van der Waals surface area contributed by atoms with Crippen molar-refractivity contribution in [1.82, 2.24) is 9.36 Å². The van der Waals surface area contributed by atoms with Gasteiger partial charge in [0.25, 0.3) is 0 Å². The molecule has 0 saturated carbocycles.